The van der Waals surface area contributed by atoms with Gasteiger partial charge in [0, 0.05) is 13.2 Å². The number of hydrogen-bond donors (Lipinski definition) is 1. The van der Waals surface area contributed by atoms with Crippen LogP contribution in [0.2, 0.25) is 5.02 Å². The maximum atomic E-state index is 12.2. The highest BCUT2D eigenvalue weighted by Gasteiger charge is 2.21. The van der Waals surface area contributed by atoms with Crippen LogP contribution in [0.4, 0.5) is 5.69 Å². The monoisotopic (exact) mass is 432 g/mol. The van der Waals surface area contributed by atoms with E-state index in [1.807, 2.05) is 0 Å². The van der Waals surface area contributed by atoms with E-state index in [9.17, 15) is 13.2 Å². The molecule has 2 rings (SSSR count). The van der Waals surface area contributed by atoms with Gasteiger partial charge in [0.25, 0.3) is 0 Å². The minimum absolute atomic E-state index is 0.272. The Hall–Kier alpha value is -1.51. The van der Waals surface area contributed by atoms with Crippen LogP contribution in [0.25, 0.3) is 0 Å². The van der Waals surface area contributed by atoms with Crippen molar-refractivity contribution < 1.29 is 22.7 Å². The maximum Gasteiger partial charge on any atom is 0.240 e. The second-order valence-corrected chi connectivity index (χ2v) is 9.24. The molecule has 0 bridgehead atoms. The van der Waals surface area contributed by atoms with Gasteiger partial charge in [-0.1, -0.05) is 30.9 Å². The summed E-state index contributed by atoms with van der Waals surface area (Å²) in [5.41, 5.74) is 0.309. The van der Waals surface area contributed by atoms with Crippen LogP contribution in [0.5, 0.6) is 5.75 Å². The van der Waals surface area contributed by atoms with Crippen molar-refractivity contribution in [1.82, 2.24) is 5.32 Å². The third-order valence-electron chi connectivity index (χ3n) is 4.66. The first kappa shape index (κ1) is 22.8. The number of nitrogens with one attached hydrogen (secondary N) is 1. The summed E-state index contributed by atoms with van der Waals surface area (Å²) in [5.74, 6) is 0.0521. The molecule has 9 heteroatoms. The number of rotatable bonds is 10. The zero-order valence-electron chi connectivity index (χ0n) is 16.4. The topological polar surface area (TPSA) is 84.9 Å². The number of carbonyl (C=O) groups excluding carboxylic acids is 1. The van der Waals surface area contributed by atoms with Gasteiger partial charge in [0.1, 0.15) is 12.3 Å². The van der Waals surface area contributed by atoms with Crippen molar-refractivity contribution in [2.45, 2.75) is 44.6 Å². The van der Waals surface area contributed by atoms with Crippen LogP contribution >= 0.6 is 11.6 Å². The summed E-state index contributed by atoms with van der Waals surface area (Å²) in [7, 11) is -2.18. The molecule has 1 aromatic rings. The molecule has 1 saturated carbocycles. The van der Waals surface area contributed by atoms with Crippen molar-refractivity contribution in [2.75, 3.05) is 37.4 Å². The second-order valence-electron chi connectivity index (χ2n) is 6.92. The van der Waals surface area contributed by atoms with Gasteiger partial charge in [0.2, 0.25) is 15.9 Å². The zero-order valence-corrected chi connectivity index (χ0v) is 18.0. The molecular weight excluding hydrogens is 404 g/mol. The number of amides is 1. The van der Waals surface area contributed by atoms with Crippen molar-refractivity contribution >= 4 is 33.2 Å². The lowest BCUT2D eigenvalue weighted by molar-refractivity contribution is -0.119. The third-order valence-corrected chi connectivity index (χ3v) is 6.10. The third kappa shape index (κ3) is 7.14. The van der Waals surface area contributed by atoms with Crippen molar-refractivity contribution in [1.29, 1.82) is 0 Å². The Morgan fingerprint density at radius 1 is 1.29 bits per heavy atom. The van der Waals surface area contributed by atoms with Crippen LogP contribution in [-0.2, 0) is 19.6 Å². The fourth-order valence-corrected chi connectivity index (χ4v) is 4.28. The highest BCUT2D eigenvalue weighted by molar-refractivity contribution is 7.92. The molecule has 0 radical (unpaired) electrons. The van der Waals surface area contributed by atoms with E-state index < -0.39 is 10.0 Å². The molecule has 1 aliphatic rings. The number of halogens is 1. The van der Waals surface area contributed by atoms with Crippen LogP contribution in [0.1, 0.15) is 38.5 Å². The molecular formula is C19H29ClN2O5S. The molecule has 1 aliphatic carbocycles. The van der Waals surface area contributed by atoms with E-state index in [0.717, 1.165) is 23.4 Å². The van der Waals surface area contributed by atoms with E-state index >= 15 is 0 Å². The predicted octanol–water partition coefficient (Wildman–Crippen LogP) is 2.97. The summed E-state index contributed by atoms with van der Waals surface area (Å²) in [6, 6.07) is 4.58. The molecule has 1 aromatic carbocycles. The number of ether oxygens (including phenoxy) is 2. The first-order valence-corrected chi connectivity index (χ1v) is 11.7. The molecule has 28 heavy (non-hydrogen) atoms. The van der Waals surface area contributed by atoms with Crippen LogP contribution in [-0.4, -0.2) is 53.5 Å². The number of nitrogens with zero attached hydrogens (tertiary/aromatic N) is 1. The number of anilines is 1. The Balaban J connectivity index is 1.83. The van der Waals surface area contributed by atoms with E-state index in [1.54, 1.807) is 12.1 Å². The lowest BCUT2D eigenvalue weighted by Gasteiger charge is -2.23. The molecule has 7 nitrogen and oxygen atoms in total. The van der Waals surface area contributed by atoms with E-state index in [0.29, 0.717) is 37.1 Å². The van der Waals surface area contributed by atoms with Crippen LogP contribution in [0, 0.1) is 0 Å². The molecule has 1 N–H and O–H groups in total. The number of hydrogen-bond acceptors (Lipinski definition) is 5. The van der Waals surface area contributed by atoms with Crippen LogP contribution in [0.3, 0.4) is 0 Å². The standard InChI is InChI=1S/C19H29ClN2O5S/c1-26-18-10-9-15(13-17(18)20)22(28(2,24)25)14-19(23)21-11-6-12-27-16-7-4-3-5-8-16/h9-10,13,16H,3-8,11-12,14H2,1-2H3,(H,21,23). The Morgan fingerprint density at radius 2 is 2.00 bits per heavy atom. The van der Waals surface area contributed by atoms with Crippen molar-refractivity contribution in [2.24, 2.45) is 0 Å². The molecule has 1 amide bonds. The molecule has 0 spiro atoms. The number of benzene rings is 1. The maximum absolute atomic E-state index is 12.2. The lowest BCUT2D eigenvalue weighted by Crippen LogP contribution is -2.40. The van der Waals surface area contributed by atoms with Gasteiger partial charge < -0.3 is 14.8 Å². The number of methoxy groups -OCH3 is 1. The fraction of sp³-hybridized carbons (Fsp3) is 0.632. The van der Waals surface area contributed by atoms with Gasteiger partial charge in [-0.05, 0) is 37.5 Å². The SMILES string of the molecule is COc1ccc(N(CC(=O)NCCCOC2CCCCC2)S(C)(=O)=O)cc1Cl. The van der Waals surface area contributed by atoms with Crippen molar-refractivity contribution in [3.63, 3.8) is 0 Å². The van der Waals surface area contributed by atoms with E-state index in [-0.39, 0.29) is 17.5 Å². The smallest absolute Gasteiger partial charge is 0.240 e. The first-order chi connectivity index (χ1) is 13.3. The largest absolute Gasteiger partial charge is 0.495 e. The van der Waals surface area contributed by atoms with Crippen molar-refractivity contribution in [3.8, 4) is 5.75 Å². The Labute approximate surface area is 172 Å². The van der Waals surface area contributed by atoms with Crippen LogP contribution < -0.4 is 14.4 Å². The van der Waals surface area contributed by atoms with E-state index in [2.05, 4.69) is 5.32 Å². The normalized spacial score (nSPS) is 15.2. The average molecular weight is 433 g/mol. The minimum atomic E-state index is -3.65. The Bertz CT molecular complexity index is 751. The van der Waals surface area contributed by atoms with Gasteiger partial charge in [0.15, 0.2) is 0 Å². The van der Waals surface area contributed by atoms with Crippen molar-refractivity contribution in [3.05, 3.63) is 23.2 Å². The van der Waals surface area contributed by atoms with Gasteiger partial charge in [-0.15, -0.1) is 0 Å². The molecule has 0 heterocycles. The summed E-state index contributed by atoms with van der Waals surface area (Å²) >= 11 is 6.08. The lowest BCUT2D eigenvalue weighted by atomic mass is 9.98. The average Bonchev–Trinajstić information content (AvgIpc) is 2.65. The molecule has 1 fully saturated rings. The quantitative estimate of drug-likeness (QED) is 0.574. The molecule has 0 aromatic heterocycles. The molecule has 158 valence electrons. The zero-order chi connectivity index (χ0) is 20.6. The summed E-state index contributed by atoms with van der Waals surface area (Å²) in [5, 5.41) is 3.02. The highest BCUT2D eigenvalue weighted by Crippen LogP contribution is 2.30. The summed E-state index contributed by atoms with van der Waals surface area (Å²) in [6.07, 6.45) is 8.03. The molecule has 0 unspecified atom stereocenters. The number of carbonyl (C=O) groups is 1. The van der Waals surface area contributed by atoms with Gasteiger partial charge >= 0.3 is 0 Å². The van der Waals surface area contributed by atoms with Gasteiger partial charge in [-0.2, -0.15) is 0 Å². The first-order valence-electron chi connectivity index (χ1n) is 9.51. The van der Waals surface area contributed by atoms with Crippen LogP contribution in [0.15, 0.2) is 18.2 Å². The predicted molar refractivity (Wildman–Crippen MR) is 111 cm³/mol. The fourth-order valence-electron chi connectivity index (χ4n) is 3.18. The van der Waals surface area contributed by atoms with E-state index in [4.69, 9.17) is 21.1 Å². The summed E-state index contributed by atoms with van der Waals surface area (Å²) in [4.78, 5) is 12.2. The van der Waals surface area contributed by atoms with Gasteiger partial charge in [-0.3, -0.25) is 9.10 Å². The van der Waals surface area contributed by atoms with Gasteiger partial charge in [-0.25, -0.2) is 8.42 Å². The van der Waals surface area contributed by atoms with E-state index in [1.165, 1.54) is 32.4 Å². The second kappa shape index (κ2) is 10.9. The van der Waals surface area contributed by atoms with Gasteiger partial charge in [0.05, 0.1) is 30.2 Å². The summed E-state index contributed by atoms with van der Waals surface area (Å²) in [6.45, 7) is 0.715. The number of sulfonamides is 1. The molecule has 0 atom stereocenters. The summed E-state index contributed by atoms with van der Waals surface area (Å²) < 4.78 is 36.2. The Morgan fingerprint density at radius 3 is 2.61 bits per heavy atom. The highest BCUT2D eigenvalue weighted by atomic mass is 35.5. The molecule has 0 aliphatic heterocycles. The molecule has 0 saturated heterocycles. The Kier molecular flexibility index (Phi) is 8.85. The minimum Gasteiger partial charge on any atom is -0.495 e.